The van der Waals surface area contributed by atoms with Crippen molar-refractivity contribution < 1.29 is 13.9 Å². The van der Waals surface area contributed by atoms with E-state index in [9.17, 15) is 9.18 Å². The van der Waals surface area contributed by atoms with Crippen LogP contribution in [-0.2, 0) is 24.9 Å². The van der Waals surface area contributed by atoms with Gasteiger partial charge in [-0.1, -0.05) is 12.1 Å². The molecule has 0 radical (unpaired) electrons. The summed E-state index contributed by atoms with van der Waals surface area (Å²) in [6, 6.07) is 9.82. The van der Waals surface area contributed by atoms with Crippen LogP contribution in [0.3, 0.4) is 0 Å². The molecule has 0 spiro atoms. The highest BCUT2D eigenvalue weighted by Gasteiger charge is 2.23. The molecule has 0 unspecified atom stereocenters. The van der Waals surface area contributed by atoms with E-state index in [1.54, 1.807) is 27.9 Å². The number of hydrogen-bond donors (Lipinski definition) is 0. The predicted octanol–water partition coefficient (Wildman–Crippen LogP) is 2.54. The molecule has 1 amide bonds. The second-order valence-electron chi connectivity index (χ2n) is 6.21. The zero-order chi connectivity index (χ0) is 18.1. The van der Waals surface area contributed by atoms with E-state index >= 15 is 0 Å². The zero-order valence-electron chi connectivity index (χ0n) is 14.2. The van der Waals surface area contributed by atoms with Gasteiger partial charge in [-0.05, 0) is 29.8 Å². The van der Waals surface area contributed by atoms with Crippen LogP contribution in [0.2, 0.25) is 0 Å². The summed E-state index contributed by atoms with van der Waals surface area (Å²) < 4.78 is 20.4. The van der Waals surface area contributed by atoms with Gasteiger partial charge in [0, 0.05) is 25.4 Å². The smallest absolute Gasteiger partial charge is 0.261 e. The number of rotatable bonds is 3. The molecule has 3 aromatic rings. The molecule has 7 heteroatoms. The number of aryl methyl sites for hydroxylation is 1. The average molecular weight is 352 g/mol. The van der Waals surface area contributed by atoms with Crippen LogP contribution >= 0.6 is 0 Å². The van der Waals surface area contributed by atoms with E-state index in [-0.39, 0.29) is 18.3 Å². The van der Waals surface area contributed by atoms with E-state index in [1.165, 1.54) is 12.1 Å². The van der Waals surface area contributed by atoms with Crippen LogP contribution in [0.1, 0.15) is 11.3 Å². The molecule has 1 aromatic carbocycles. The molecule has 1 aliphatic heterocycles. The molecule has 132 valence electrons. The number of nitrogens with zero attached hydrogens (tertiary/aromatic N) is 4. The third-order valence-electron chi connectivity index (χ3n) is 4.26. The van der Waals surface area contributed by atoms with Crippen LogP contribution in [0.4, 0.5) is 4.39 Å². The molecule has 3 heterocycles. The number of pyridine rings is 1. The lowest BCUT2D eigenvalue weighted by molar-refractivity contribution is -0.133. The van der Waals surface area contributed by atoms with Crippen LogP contribution in [0, 0.1) is 5.82 Å². The molecule has 0 atom stereocenters. The lowest BCUT2D eigenvalue weighted by Crippen LogP contribution is -2.32. The maximum absolute atomic E-state index is 13.1. The number of fused-ring (bicyclic) bond motifs is 1. The number of ether oxygens (including phenoxy) is 1. The maximum atomic E-state index is 13.1. The first-order valence-corrected chi connectivity index (χ1v) is 8.22. The van der Waals surface area contributed by atoms with Crippen molar-refractivity contribution in [2.45, 2.75) is 13.1 Å². The van der Waals surface area contributed by atoms with Crippen molar-refractivity contribution in [1.82, 2.24) is 19.7 Å². The third kappa shape index (κ3) is 3.28. The normalized spacial score (nSPS) is 13.9. The molecule has 1 aliphatic rings. The SMILES string of the molecule is Cn1cc(-c2ccc3c(n2)CN(Cc2ccc(F)cc2)C(=O)CO3)cn1. The van der Waals surface area contributed by atoms with Gasteiger partial charge >= 0.3 is 0 Å². The topological polar surface area (TPSA) is 60.2 Å². The summed E-state index contributed by atoms with van der Waals surface area (Å²) in [4.78, 5) is 18.7. The monoisotopic (exact) mass is 352 g/mol. The minimum absolute atomic E-state index is 0.0396. The van der Waals surface area contributed by atoms with Crippen LogP contribution in [-0.4, -0.2) is 32.2 Å². The van der Waals surface area contributed by atoms with Crippen molar-refractivity contribution >= 4 is 5.91 Å². The summed E-state index contributed by atoms with van der Waals surface area (Å²) in [5, 5.41) is 4.16. The first-order chi connectivity index (χ1) is 12.6. The summed E-state index contributed by atoms with van der Waals surface area (Å²) >= 11 is 0. The maximum Gasteiger partial charge on any atom is 0.261 e. The van der Waals surface area contributed by atoms with E-state index in [4.69, 9.17) is 4.74 Å². The van der Waals surface area contributed by atoms with Gasteiger partial charge in [0.05, 0.1) is 18.4 Å². The first-order valence-electron chi connectivity index (χ1n) is 8.22. The second-order valence-corrected chi connectivity index (χ2v) is 6.21. The number of amides is 1. The number of halogens is 1. The van der Waals surface area contributed by atoms with Gasteiger partial charge in [0.2, 0.25) is 0 Å². The largest absolute Gasteiger partial charge is 0.482 e. The fourth-order valence-electron chi connectivity index (χ4n) is 2.90. The lowest BCUT2D eigenvalue weighted by atomic mass is 10.2. The van der Waals surface area contributed by atoms with Gasteiger partial charge in [0.1, 0.15) is 17.3 Å². The van der Waals surface area contributed by atoms with E-state index < -0.39 is 0 Å². The Kier molecular flexibility index (Phi) is 4.12. The molecular weight excluding hydrogens is 335 g/mol. The van der Waals surface area contributed by atoms with Gasteiger partial charge in [-0.25, -0.2) is 9.37 Å². The quantitative estimate of drug-likeness (QED) is 0.727. The van der Waals surface area contributed by atoms with Crippen LogP contribution in [0.25, 0.3) is 11.3 Å². The van der Waals surface area contributed by atoms with Gasteiger partial charge < -0.3 is 9.64 Å². The number of carbonyl (C=O) groups excluding carboxylic acids is 1. The summed E-state index contributed by atoms with van der Waals surface area (Å²) in [6.45, 7) is 0.669. The van der Waals surface area contributed by atoms with Gasteiger partial charge in [0.25, 0.3) is 5.91 Å². The lowest BCUT2D eigenvalue weighted by Gasteiger charge is -2.19. The Labute approximate surface area is 149 Å². The van der Waals surface area contributed by atoms with Gasteiger partial charge in [-0.3, -0.25) is 9.48 Å². The Morgan fingerprint density at radius 3 is 2.73 bits per heavy atom. The van der Waals surface area contributed by atoms with Crippen LogP contribution in [0.15, 0.2) is 48.8 Å². The Hall–Kier alpha value is -3.22. The fraction of sp³-hybridized carbons (Fsp3) is 0.211. The Morgan fingerprint density at radius 1 is 1.19 bits per heavy atom. The van der Waals surface area contributed by atoms with Crippen molar-refractivity contribution in [1.29, 1.82) is 0 Å². The molecule has 2 aromatic heterocycles. The molecule has 26 heavy (non-hydrogen) atoms. The number of benzene rings is 1. The Balaban J connectivity index is 1.62. The number of carbonyl (C=O) groups is 1. The van der Waals surface area contributed by atoms with Crippen molar-refractivity contribution in [3.63, 3.8) is 0 Å². The van der Waals surface area contributed by atoms with Crippen LogP contribution < -0.4 is 4.74 Å². The molecule has 0 N–H and O–H groups in total. The molecule has 0 bridgehead atoms. The van der Waals surface area contributed by atoms with E-state index in [0.29, 0.717) is 24.5 Å². The number of hydrogen-bond acceptors (Lipinski definition) is 4. The summed E-state index contributed by atoms with van der Waals surface area (Å²) in [5.41, 5.74) is 3.22. The molecule has 0 aliphatic carbocycles. The zero-order valence-corrected chi connectivity index (χ0v) is 14.2. The second kappa shape index (κ2) is 6.59. The molecular formula is C19H17FN4O2. The van der Waals surface area contributed by atoms with Crippen molar-refractivity contribution in [2.24, 2.45) is 7.05 Å². The highest BCUT2D eigenvalue weighted by atomic mass is 19.1. The predicted molar refractivity (Wildman–Crippen MR) is 92.6 cm³/mol. The van der Waals surface area contributed by atoms with Crippen molar-refractivity contribution in [3.05, 3.63) is 65.9 Å². The average Bonchev–Trinajstić information content (AvgIpc) is 3.01. The Morgan fingerprint density at radius 2 is 2.00 bits per heavy atom. The molecule has 0 fully saturated rings. The summed E-state index contributed by atoms with van der Waals surface area (Å²) in [5.74, 6) is 0.176. The van der Waals surface area contributed by atoms with Gasteiger partial charge in [-0.2, -0.15) is 5.10 Å². The third-order valence-corrected chi connectivity index (χ3v) is 4.26. The van der Waals surface area contributed by atoms with E-state index in [2.05, 4.69) is 10.1 Å². The molecule has 0 saturated carbocycles. The van der Waals surface area contributed by atoms with Gasteiger partial charge in [0.15, 0.2) is 6.61 Å². The van der Waals surface area contributed by atoms with E-state index in [0.717, 1.165) is 16.8 Å². The summed E-state index contributed by atoms with van der Waals surface area (Å²) in [6.07, 6.45) is 3.63. The molecule has 6 nitrogen and oxygen atoms in total. The van der Waals surface area contributed by atoms with Crippen molar-refractivity contribution in [3.8, 4) is 17.0 Å². The highest BCUT2D eigenvalue weighted by Crippen LogP contribution is 2.26. The minimum Gasteiger partial charge on any atom is -0.482 e. The number of aromatic nitrogens is 3. The first kappa shape index (κ1) is 16.3. The fourth-order valence-corrected chi connectivity index (χ4v) is 2.90. The highest BCUT2D eigenvalue weighted by molar-refractivity contribution is 5.78. The van der Waals surface area contributed by atoms with Crippen LogP contribution in [0.5, 0.6) is 5.75 Å². The van der Waals surface area contributed by atoms with E-state index in [1.807, 2.05) is 25.4 Å². The molecule has 0 saturated heterocycles. The molecule has 4 rings (SSSR count). The summed E-state index contributed by atoms with van der Waals surface area (Å²) in [7, 11) is 1.85. The van der Waals surface area contributed by atoms with Gasteiger partial charge in [-0.15, -0.1) is 0 Å². The minimum atomic E-state index is -0.299. The standard InChI is InChI=1S/C19H17FN4O2/c1-23-10-14(8-21-23)16-6-7-18-17(22-16)11-24(19(25)12-26-18)9-13-2-4-15(20)5-3-13/h2-8,10H,9,11-12H2,1H3. The van der Waals surface area contributed by atoms with Crippen molar-refractivity contribution in [2.75, 3.05) is 6.61 Å². The Bertz CT molecular complexity index is 952.